The van der Waals surface area contributed by atoms with Gasteiger partial charge in [-0.2, -0.15) is 0 Å². The summed E-state index contributed by atoms with van der Waals surface area (Å²) in [6.07, 6.45) is 1.67. The van der Waals surface area contributed by atoms with E-state index < -0.39 is 0 Å². The fourth-order valence-electron chi connectivity index (χ4n) is 2.64. The molecule has 2 heterocycles. The van der Waals surface area contributed by atoms with Crippen molar-refractivity contribution >= 4 is 22.9 Å². The second-order valence-electron chi connectivity index (χ2n) is 5.83. The average molecular weight is 372 g/mol. The number of quaternary nitrogens is 1. The van der Waals surface area contributed by atoms with E-state index in [4.69, 9.17) is 9.15 Å². The van der Waals surface area contributed by atoms with Gasteiger partial charge in [-0.25, -0.2) is 4.98 Å². The molecule has 6 nitrogen and oxygen atoms in total. The number of anilines is 1. The molecule has 3 rings (SSSR count). The number of para-hydroxylation sites is 2. The summed E-state index contributed by atoms with van der Waals surface area (Å²) < 4.78 is 10.8. The standard InChI is InChI=1S/C19H21N3O3S/c1-3-22(11-14-13-25-19(20-14)17-9-6-10-26-17)12-18(23)21-15-7-4-5-8-16(15)24-2/h4-10,13H,3,11-12H2,1-2H3,(H,21,23)/p+1. The fraction of sp³-hybridized carbons (Fsp3) is 0.263. The third-order valence-electron chi connectivity index (χ3n) is 4.01. The number of rotatable bonds is 8. The smallest absolute Gasteiger partial charge is 0.279 e. The van der Waals surface area contributed by atoms with Crippen LogP contribution in [0.2, 0.25) is 0 Å². The quantitative estimate of drug-likeness (QED) is 0.637. The second kappa shape index (κ2) is 8.64. The van der Waals surface area contributed by atoms with Gasteiger partial charge in [0.15, 0.2) is 6.54 Å². The molecule has 2 N–H and O–H groups in total. The Kier molecular flexibility index (Phi) is 6.04. The molecule has 0 bridgehead atoms. The molecule has 0 fully saturated rings. The molecule has 26 heavy (non-hydrogen) atoms. The SMILES string of the molecule is CC[NH+](CC(=O)Nc1ccccc1OC)Cc1coc(-c2cccs2)n1. The molecule has 1 atom stereocenters. The fourth-order valence-corrected chi connectivity index (χ4v) is 3.30. The maximum atomic E-state index is 12.4. The summed E-state index contributed by atoms with van der Waals surface area (Å²) in [7, 11) is 1.59. The van der Waals surface area contributed by atoms with Crippen LogP contribution in [0.1, 0.15) is 12.6 Å². The number of likely N-dealkylation sites (N-methyl/N-ethyl adjacent to an activating group) is 1. The lowest BCUT2D eigenvalue weighted by Gasteiger charge is -2.16. The van der Waals surface area contributed by atoms with Gasteiger partial charge >= 0.3 is 0 Å². The summed E-state index contributed by atoms with van der Waals surface area (Å²) in [5, 5.41) is 4.90. The van der Waals surface area contributed by atoms with Crippen LogP contribution in [-0.2, 0) is 11.3 Å². The summed E-state index contributed by atoms with van der Waals surface area (Å²) in [6, 6.07) is 11.3. The van der Waals surface area contributed by atoms with E-state index in [1.165, 1.54) is 0 Å². The molecular weight excluding hydrogens is 350 g/mol. The van der Waals surface area contributed by atoms with Crippen LogP contribution < -0.4 is 15.0 Å². The van der Waals surface area contributed by atoms with Crippen LogP contribution in [0.5, 0.6) is 5.75 Å². The van der Waals surface area contributed by atoms with Crippen molar-refractivity contribution in [2.45, 2.75) is 13.5 Å². The van der Waals surface area contributed by atoms with Crippen LogP contribution in [0, 0.1) is 0 Å². The van der Waals surface area contributed by atoms with Gasteiger partial charge in [0.05, 0.1) is 24.2 Å². The van der Waals surface area contributed by atoms with E-state index in [1.807, 2.05) is 48.7 Å². The predicted octanol–water partition coefficient (Wildman–Crippen LogP) is 2.46. The minimum Gasteiger partial charge on any atom is -0.495 e. The highest BCUT2D eigenvalue weighted by Crippen LogP contribution is 2.24. The Morgan fingerprint density at radius 2 is 2.15 bits per heavy atom. The lowest BCUT2D eigenvalue weighted by Crippen LogP contribution is -3.11. The molecule has 3 aromatic rings. The number of hydrogen-bond acceptors (Lipinski definition) is 5. The first-order valence-corrected chi connectivity index (χ1v) is 9.32. The van der Waals surface area contributed by atoms with Crippen molar-refractivity contribution in [2.24, 2.45) is 0 Å². The van der Waals surface area contributed by atoms with E-state index >= 15 is 0 Å². The van der Waals surface area contributed by atoms with Crippen molar-refractivity contribution in [2.75, 3.05) is 25.5 Å². The normalized spacial score (nSPS) is 11.9. The molecule has 0 aliphatic rings. The number of methoxy groups -OCH3 is 1. The highest BCUT2D eigenvalue weighted by atomic mass is 32.1. The maximum Gasteiger partial charge on any atom is 0.279 e. The largest absolute Gasteiger partial charge is 0.495 e. The second-order valence-corrected chi connectivity index (χ2v) is 6.77. The van der Waals surface area contributed by atoms with E-state index in [-0.39, 0.29) is 5.91 Å². The zero-order valence-corrected chi connectivity index (χ0v) is 15.6. The van der Waals surface area contributed by atoms with Crippen molar-refractivity contribution in [3.63, 3.8) is 0 Å². The molecule has 0 spiro atoms. The van der Waals surface area contributed by atoms with Crippen molar-refractivity contribution < 1.29 is 18.8 Å². The Labute approximate surface area is 156 Å². The summed E-state index contributed by atoms with van der Waals surface area (Å²) in [6.45, 7) is 3.83. The number of nitrogens with zero attached hydrogens (tertiary/aromatic N) is 1. The molecule has 1 amide bonds. The van der Waals surface area contributed by atoms with E-state index in [2.05, 4.69) is 10.3 Å². The first-order chi connectivity index (χ1) is 12.7. The molecule has 0 radical (unpaired) electrons. The maximum absolute atomic E-state index is 12.4. The van der Waals surface area contributed by atoms with Gasteiger partial charge < -0.3 is 19.4 Å². The number of benzene rings is 1. The van der Waals surface area contributed by atoms with Gasteiger partial charge in [0.25, 0.3) is 5.91 Å². The van der Waals surface area contributed by atoms with Crippen LogP contribution >= 0.6 is 11.3 Å². The predicted molar refractivity (Wildman–Crippen MR) is 102 cm³/mol. The van der Waals surface area contributed by atoms with Crippen LogP contribution in [0.3, 0.4) is 0 Å². The third kappa shape index (κ3) is 4.50. The topological polar surface area (TPSA) is 68.8 Å². The lowest BCUT2D eigenvalue weighted by atomic mass is 10.3. The van der Waals surface area contributed by atoms with E-state index in [9.17, 15) is 4.79 Å². The van der Waals surface area contributed by atoms with Crippen LogP contribution in [0.4, 0.5) is 5.69 Å². The molecule has 0 saturated heterocycles. The zero-order chi connectivity index (χ0) is 18.4. The van der Waals surface area contributed by atoms with Gasteiger partial charge in [0.2, 0.25) is 5.89 Å². The van der Waals surface area contributed by atoms with E-state index in [0.29, 0.717) is 30.4 Å². The molecule has 2 aromatic heterocycles. The average Bonchev–Trinajstić information content (AvgIpc) is 3.33. The molecule has 0 saturated carbocycles. The third-order valence-corrected chi connectivity index (χ3v) is 4.86. The van der Waals surface area contributed by atoms with Gasteiger partial charge in [0.1, 0.15) is 24.3 Å². The number of aromatic nitrogens is 1. The number of thiophene rings is 1. The molecule has 0 aliphatic carbocycles. The molecule has 1 unspecified atom stereocenters. The Morgan fingerprint density at radius 1 is 1.31 bits per heavy atom. The van der Waals surface area contributed by atoms with Gasteiger partial charge in [-0.3, -0.25) is 4.79 Å². The number of carbonyl (C=O) groups excluding carboxylic acids is 1. The number of oxazole rings is 1. The van der Waals surface area contributed by atoms with Gasteiger partial charge in [-0.1, -0.05) is 18.2 Å². The van der Waals surface area contributed by atoms with Crippen molar-refractivity contribution in [1.82, 2.24) is 4.98 Å². The molecule has 0 aliphatic heterocycles. The minimum atomic E-state index is -0.0617. The van der Waals surface area contributed by atoms with Crippen LogP contribution in [0.15, 0.2) is 52.5 Å². The van der Waals surface area contributed by atoms with Crippen molar-refractivity contribution in [3.8, 4) is 16.5 Å². The minimum absolute atomic E-state index is 0.0617. The highest BCUT2D eigenvalue weighted by Gasteiger charge is 2.17. The Bertz CT molecular complexity index is 845. The number of nitrogens with one attached hydrogen (secondary N) is 2. The monoisotopic (exact) mass is 372 g/mol. The Morgan fingerprint density at radius 3 is 2.88 bits per heavy atom. The van der Waals surface area contributed by atoms with E-state index in [1.54, 1.807) is 24.7 Å². The molecule has 1 aromatic carbocycles. The summed E-state index contributed by atoms with van der Waals surface area (Å²) in [5.74, 6) is 1.22. The lowest BCUT2D eigenvalue weighted by molar-refractivity contribution is -0.904. The van der Waals surface area contributed by atoms with E-state index in [0.717, 1.165) is 22.0 Å². The number of carbonyl (C=O) groups is 1. The zero-order valence-electron chi connectivity index (χ0n) is 14.8. The molecular formula is C19H22N3O3S+. The highest BCUT2D eigenvalue weighted by molar-refractivity contribution is 7.13. The summed E-state index contributed by atoms with van der Waals surface area (Å²) >= 11 is 1.59. The number of amides is 1. The Hall–Kier alpha value is -2.64. The number of hydrogen-bond donors (Lipinski definition) is 2. The van der Waals surface area contributed by atoms with Crippen LogP contribution in [-0.4, -0.2) is 31.1 Å². The molecule has 7 heteroatoms. The first kappa shape index (κ1) is 18.2. The Balaban J connectivity index is 1.60. The summed E-state index contributed by atoms with van der Waals surface area (Å²) in [5.41, 5.74) is 1.52. The van der Waals surface area contributed by atoms with Gasteiger partial charge in [-0.05, 0) is 30.5 Å². The number of ether oxygens (including phenoxy) is 1. The van der Waals surface area contributed by atoms with Gasteiger partial charge in [0, 0.05) is 0 Å². The molecule has 136 valence electrons. The summed E-state index contributed by atoms with van der Waals surface area (Å²) in [4.78, 5) is 19.0. The van der Waals surface area contributed by atoms with Crippen molar-refractivity contribution in [3.05, 3.63) is 53.7 Å². The van der Waals surface area contributed by atoms with Gasteiger partial charge in [-0.15, -0.1) is 11.3 Å². The van der Waals surface area contributed by atoms with Crippen LogP contribution in [0.25, 0.3) is 10.8 Å². The first-order valence-electron chi connectivity index (χ1n) is 8.44. The van der Waals surface area contributed by atoms with Crippen molar-refractivity contribution in [1.29, 1.82) is 0 Å².